The SMILES string of the molecule is C#CCN(C/C=C\CC)S(=O)(=O)c1ccc(C)cc1. The normalized spacial score (nSPS) is 11.9. The van der Waals surface area contributed by atoms with Gasteiger partial charge in [0.15, 0.2) is 0 Å². The third-order valence-electron chi connectivity index (χ3n) is 2.64. The summed E-state index contributed by atoms with van der Waals surface area (Å²) in [5.74, 6) is 2.39. The molecule has 1 aromatic rings. The lowest BCUT2D eigenvalue weighted by atomic mass is 10.2. The molecule has 0 aliphatic rings. The van der Waals surface area contributed by atoms with Gasteiger partial charge in [0.1, 0.15) is 0 Å². The van der Waals surface area contributed by atoms with Gasteiger partial charge in [0.05, 0.1) is 11.4 Å². The van der Waals surface area contributed by atoms with Gasteiger partial charge in [-0.25, -0.2) is 8.42 Å². The highest BCUT2D eigenvalue weighted by molar-refractivity contribution is 7.89. The molecule has 1 aromatic carbocycles. The number of hydrogen-bond donors (Lipinski definition) is 0. The van der Waals surface area contributed by atoms with Crippen molar-refractivity contribution in [3.8, 4) is 12.3 Å². The molecular weight excluding hydrogens is 258 g/mol. The van der Waals surface area contributed by atoms with E-state index in [2.05, 4.69) is 5.92 Å². The van der Waals surface area contributed by atoms with Crippen LogP contribution in [0.5, 0.6) is 0 Å². The molecule has 0 amide bonds. The van der Waals surface area contributed by atoms with Crippen LogP contribution >= 0.6 is 0 Å². The zero-order valence-electron chi connectivity index (χ0n) is 11.3. The highest BCUT2D eigenvalue weighted by atomic mass is 32.2. The molecule has 0 saturated carbocycles. The molecule has 0 heterocycles. The van der Waals surface area contributed by atoms with Gasteiger partial charge < -0.3 is 0 Å². The zero-order valence-corrected chi connectivity index (χ0v) is 12.2. The second-order valence-corrected chi connectivity index (χ2v) is 6.13. The van der Waals surface area contributed by atoms with Crippen molar-refractivity contribution in [1.82, 2.24) is 4.31 Å². The molecule has 1 rings (SSSR count). The second-order valence-electron chi connectivity index (χ2n) is 4.19. The van der Waals surface area contributed by atoms with E-state index in [1.165, 1.54) is 4.31 Å². The summed E-state index contributed by atoms with van der Waals surface area (Å²) in [4.78, 5) is 0.276. The quantitative estimate of drug-likeness (QED) is 0.592. The summed E-state index contributed by atoms with van der Waals surface area (Å²) in [6, 6.07) is 6.78. The number of nitrogens with zero attached hydrogens (tertiary/aromatic N) is 1. The molecular formula is C15H19NO2S. The minimum Gasteiger partial charge on any atom is -0.207 e. The molecule has 0 fully saturated rings. The summed E-state index contributed by atoms with van der Waals surface area (Å²) in [5.41, 5.74) is 1.02. The van der Waals surface area contributed by atoms with E-state index in [-0.39, 0.29) is 11.4 Å². The van der Waals surface area contributed by atoms with Crippen molar-refractivity contribution in [2.45, 2.75) is 25.2 Å². The maximum atomic E-state index is 12.4. The van der Waals surface area contributed by atoms with Gasteiger partial charge in [0.2, 0.25) is 10.0 Å². The van der Waals surface area contributed by atoms with Gasteiger partial charge in [-0.05, 0) is 25.5 Å². The topological polar surface area (TPSA) is 37.4 Å². The molecule has 102 valence electrons. The molecule has 0 aliphatic heterocycles. The fourth-order valence-electron chi connectivity index (χ4n) is 1.57. The van der Waals surface area contributed by atoms with E-state index in [9.17, 15) is 8.42 Å². The van der Waals surface area contributed by atoms with Crippen LogP contribution in [-0.2, 0) is 10.0 Å². The zero-order chi connectivity index (χ0) is 14.3. The van der Waals surface area contributed by atoms with E-state index >= 15 is 0 Å². The Morgan fingerprint density at radius 2 is 1.89 bits per heavy atom. The lowest BCUT2D eigenvalue weighted by molar-refractivity contribution is 0.478. The lowest BCUT2D eigenvalue weighted by Gasteiger charge is -2.18. The summed E-state index contributed by atoms with van der Waals surface area (Å²) in [5, 5.41) is 0. The maximum Gasteiger partial charge on any atom is 0.244 e. The third-order valence-corrected chi connectivity index (χ3v) is 4.46. The largest absolute Gasteiger partial charge is 0.244 e. The number of aryl methyl sites for hydroxylation is 1. The monoisotopic (exact) mass is 277 g/mol. The van der Waals surface area contributed by atoms with Crippen LogP contribution in [0.2, 0.25) is 0 Å². The average molecular weight is 277 g/mol. The molecule has 0 radical (unpaired) electrons. The Labute approximate surface area is 116 Å². The Bertz CT molecular complexity index is 565. The Hall–Kier alpha value is -1.57. The molecule has 0 bridgehead atoms. The minimum absolute atomic E-state index is 0.0737. The van der Waals surface area contributed by atoms with Crippen LogP contribution < -0.4 is 0 Å². The van der Waals surface area contributed by atoms with Crippen LogP contribution in [0, 0.1) is 19.3 Å². The van der Waals surface area contributed by atoms with Crippen molar-refractivity contribution < 1.29 is 8.42 Å². The van der Waals surface area contributed by atoms with Crippen LogP contribution in [-0.4, -0.2) is 25.8 Å². The highest BCUT2D eigenvalue weighted by Crippen LogP contribution is 2.16. The van der Waals surface area contributed by atoms with E-state index in [0.717, 1.165) is 12.0 Å². The van der Waals surface area contributed by atoms with Gasteiger partial charge in [0, 0.05) is 6.54 Å². The van der Waals surface area contributed by atoms with Gasteiger partial charge in [0.25, 0.3) is 0 Å². The first-order valence-electron chi connectivity index (χ1n) is 6.17. The Kier molecular flexibility index (Phi) is 5.81. The van der Waals surface area contributed by atoms with Gasteiger partial charge >= 0.3 is 0 Å². The number of sulfonamides is 1. The van der Waals surface area contributed by atoms with Crippen molar-refractivity contribution in [3.05, 3.63) is 42.0 Å². The van der Waals surface area contributed by atoms with E-state index in [4.69, 9.17) is 6.42 Å². The Balaban J connectivity index is 3.02. The smallest absolute Gasteiger partial charge is 0.207 e. The van der Waals surface area contributed by atoms with Gasteiger partial charge in [-0.15, -0.1) is 6.42 Å². The summed E-state index contributed by atoms with van der Waals surface area (Å²) in [7, 11) is -3.52. The molecule has 19 heavy (non-hydrogen) atoms. The second kappa shape index (κ2) is 7.13. The van der Waals surface area contributed by atoms with Crippen molar-refractivity contribution in [3.63, 3.8) is 0 Å². The number of hydrogen-bond acceptors (Lipinski definition) is 2. The lowest BCUT2D eigenvalue weighted by Crippen LogP contribution is -2.31. The number of allylic oxidation sites excluding steroid dienone is 1. The Morgan fingerprint density at radius 3 is 2.42 bits per heavy atom. The standard InChI is InChI=1S/C15H19NO2S/c1-4-6-7-13-16(12-5-2)19(17,18)15-10-8-14(3)9-11-15/h2,6-11H,4,12-13H2,1,3H3/b7-6-. The molecule has 0 N–H and O–H groups in total. The fraction of sp³-hybridized carbons (Fsp3) is 0.333. The molecule has 0 aromatic heterocycles. The highest BCUT2D eigenvalue weighted by Gasteiger charge is 2.22. The summed E-state index contributed by atoms with van der Waals surface area (Å²) >= 11 is 0. The third kappa shape index (κ3) is 4.23. The van der Waals surface area contributed by atoms with Crippen molar-refractivity contribution in [1.29, 1.82) is 0 Å². The fourth-order valence-corrected chi connectivity index (χ4v) is 2.87. The first kappa shape index (κ1) is 15.5. The Morgan fingerprint density at radius 1 is 1.26 bits per heavy atom. The van der Waals surface area contributed by atoms with Crippen molar-refractivity contribution >= 4 is 10.0 Å². The molecule has 4 heteroatoms. The predicted octanol–water partition coefficient (Wildman–Crippen LogP) is 2.59. The van der Waals surface area contributed by atoms with Gasteiger partial charge in [-0.1, -0.05) is 42.7 Å². The van der Waals surface area contributed by atoms with E-state index in [1.807, 2.05) is 26.0 Å². The maximum absolute atomic E-state index is 12.4. The van der Waals surface area contributed by atoms with E-state index < -0.39 is 10.0 Å². The van der Waals surface area contributed by atoms with Gasteiger partial charge in [-0.3, -0.25) is 0 Å². The first-order chi connectivity index (χ1) is 9.02. The van der Waals surface area contributed by atoms with Crippen molar-refractivity contribution in [2.75, 3.05) is 13.1 Å². The summed E-state index contributed by atoms with van der Waals surface area (Å²) in [6.07, 6.45) is 9.87. The minimum atomic E-state index is -3.52. The number of benzene rings is 1. The van der Waals surface area contributed by atoms with Crippen LogP contribution in [0.15, 0.2) is 41.3 Å². The summed E-state index contributed by atoms with van der Waals surface area (Å²) < 4.78 is 26.1. The predicted molar refractivity (Wildman–Crippen MR) is 78.2 cm³/mol. The molecule has 0 unspecified atom stereocenters. The van der Waals surface area contributed by atoms with Crippen LogP contribution in [0.25, 0.3) is 0 Å². The molecule has 0 aliphatic carbocycles. The van der Waals surface area contributed by atoms with Crippen LogP contribution in [0.4, 0.5) is 0 Å². The van der Waals surface area contributed by atoms with E-state index in [0.29, 0.717) is 6.54 Å². The molecule has 0 atom stereocenters. The molecule has 0 saturated heterocycles. The van der Waals surface area contributed by atoms with E-state index in [1.54, 1.807) is 24.3 Å². The molecule has 3 nitrogen and oxygen atoms in total. The average Bonchev–Trinajstić information content (AvgIpc) is 2.38. The number of rotatable bonds is 6. The van der Waals surface area contributed by atoms with Crippen LogP contribution in [0.1, 0.15) is 18.9 Å². The summed E-state index contributed by atoms with van der Waals surface area (Å²) in [6.45, 7) is 4.29. The molecule has 0 spiro atoms. The number of terminal acetylenes is 1. The van der Waals surface area contributed by atoms with Crippen LogP contribution in [0.3, 0.4) is 0 Å². The first-order valence-corrected chi connectivity index (χ1v) is 7.61. The van der Waals surface area contributed by atoms with Gasteiger partial charge in [-0.2, -0.15) is 4.31 Å². The van der Waals surface area contributed by atoms with Crippen molar-refractivity contribution in [2.24, 2.45) is 0 Å².